The number of halogens is 1. The summed E-state index contributed by atoms with van der Waals surface area (Å²) in [6.07, 6.45) is 3.08. The molecular weight excluding hydrogens is 324 g/mol. The van der Waals surface area contributed by atoms with Crippen LogP contribution in [0.5, 0.6) is 0 Å². The highest BCUT2D eigenvalue weighted by molar-refractivity contribution is 6.05. The molecule has 1 aliphatic heterocycles. The van der Waals surface area contributed by atoms with E-state index in [0.717, 1.165) is 54.9 Å². The number of hydrogen-bond acceptors (Lipinski definition) is 3. The topological polar surface area (TPSA) is 49.4 Å². The van der Waals surface area contributed by atoms with E-state index >= 15 is 0 Å². The summed E-state index contributed by atoms with van der Waals surface area (Å²) >= 11 is 0. The molecule has 1 unspecified atom stereocenters. The number of carbonyl (C=O) groups is 2. The van der Waals surface area contributed by atoms with Gasteiger partial charge in [-0.2, -0.15) is 0 Å². The van der Waals surface area contributed by atoms with Crippen molar-refractivity contribution in [2.75, 3.05) is 25.0 Å². The number of fused-ring (bicyclic) bond motifs is 3. The summed E-state index contributed by atoms with van der Waals surface area (Å²) in [6.45, 7) is 9.15. The summed E-state index contributed by atoms with van der Waals surface area (Å²) in [5.74, 6) is 0.431. The van der Waals surface area contributed by atoms with Crippen LogP contribution in [0.25, 0.3) is 0 Å². The van der Waals surface area contributed by atoms with E-state index in [4.69, 9.17) is 0 Å². The highest BCUT2D eigenvalue weighted by Crippen LogP contribution is 2.37. The van der Waals surface area contributed by atoms with Gasteiger partial charge in [0.15, 0.2) is 5.78 Å². The molecule has 0 fully saturated rings. The number of hydrogen-bond donors (Lipinski definition) is 1. The molecule has 0 saturated heterocycles. The van der Waals surface area contributed by atoms with Crippen LogP contribution in [-0.2, 0) is 17.6 Å². The second-order valence-electron chi connectivity index (χ2n) is 6.71. The Kier molecular flexibility index (Phi) is 6.05. The Labute approximate surface area is 150 Å². The van der Waals surface area contributed by atoms with Gasteiger partial charge < -0.3 is 10.2 Å². The maximum Gasteiger partial charge on any atom is 0.224 e. The number of nitrogens with one attached hydrogen (secondary N) is 1. The lowest BCUT2D eigenvalue weighted by Crippen LogP contribution is -2.37. The van der Waals surface area contributed by atoms with E-state index in [1.54, 1.807) is 0 Å². The van der Waals surface area contributed by atoms with Gasteiger partial charge in [0.25, 0.3) is 0 Å². The molecule has 1 atom stereocenters. The number of amides is 1. The third kappa shape index (κ3) is 3.35. The Morgan fingerprint density at radius 3 is 2.50 bits per heavy atom. The zero-order valence-electron chi connectivity index (χ0n) is 14.8. The summed E-state index contributed by atoms with van der Waals surface area (Å²) < 4.78 is 0. The fourth-order valence-electron chi connectivity index (χ4n) is 3.97. The zero-order valence-corrected chi connectivity index (χ0v) is 15.6. The van der Waals surface area contributed by atoms with Crippen LogP contribution >= 0.6 is 12.4 Å². The molecule has 2 aliphatic rings. The minimum absolute atomic E-state index is 0. The number of nitrogens with zero attached hydrogens (tertiary/aromatic N) is 1. The van der Waals surface area contributed by atoms with Gasteiger partial charge in [-0.25, -0.2) is 0 Å². The lowest BCUT2D eigenvalue weighted by Gasteiger charge is -2.32. The van der Waals surface area contributed by atoms with Gasteiger partial charge in [-0.3, -0.25) is 9.59 Å². The average Bonchev–Trinajstić information content (AvgIpc) is 2.54. The standard InChI is InChI=1S/C19H26N2O2.ClH/c1-4-21(5-2)11-13-6-7-14-12(3)10-16-15(18(14)19(13)23)8-9-17(22)20-16;/h10,13H,4-9,11H2,1-3H3,(H,20,22);1H. The van der Waals surface area contributed by atoms with Crippen molar-refractivity contribution in [3.05, 3.63) is 28.3 Å². The molecule has 1 aliphatic carbocycles. The highest BCUT2D eigenvalue weighted by atomic mass is 35.5. The maximum absolute atomic E-state index is 13.2. The SMILES string of the molecule is CCN(CC)CC1CCc2c(C)cc3c(c2C1=O)CCC(=O)N3.Cl. The van der Waals surface area contributed by atoms with E-state index in [0.29, 0.717) is 12.8 Å². The van der Waals surface area contributed by atoms with Crippen molar-refractivity contribution in [3.8, 4) is 0 Å². The number of benzene rings is 1. The molecule has 0 aromatic heterocycles. The quantitative estimate of drug-likeness (QED) is 0.905. The van der Waals surface area contributed by atoms with E-state index in [2.05, 4.69) is 31.0 Å². The highest BCUT2D eigenvalue weighted by Gasteiger charge is 2.33. The van der Waals surface area contributed by atoms with Gasteiger partial charge in [-0.1, -0.05) is 13.8 Å². The van der Waals surface area contributed by atoms with E-state index in [-0.39, 0.29) is 30.0 Å². The Morgan fingerprint density at radius 2 is 1.83 bits per heavy atom. The molecule has 24 heavy (non-hydrogen) atoms. The second-order valence-corrected chi connectivity index (χ2v) is 6.71. The molecule has 5 heteroatoms. The first kappa shape index (κ1) is 18.9. The molecule has 0 radical (unpaired) electrons. The monoisotopic (exact) mass is 350 g/mol. The first-order chi connectivity index (χ1) is 11.0. The predicted octanol–water partition coefficient (Wildman–Crippen LogP) is 3.39. The van der Waals surface area contributed by atoms with Crippen molar-refractivity contribution in [1.82, 2.24) is 4.90 Å². The molecule has 1 heterocycles. The molecule has 1 aromatic carbocycles. The van der Waals surface area contributed by atoms with Crippen molar-refractivity contribution < 1.29 is 9.59 Å². The van der Waals surface area contributed by atoms with Crippen LogP contribution in [0.2, 0.25) is 0 Å². The summed E-state index contributed by atoms with van der Waals surface area (Å²) in [5.41, 5.74) is 5.19. The Bertz CT molecular complexity index is 653. The molecule has 1 amide bonds. The third-order valence-corrected chi connectivity index (χ3v) is 5.37. The number of Topliss-reactive ketones (excluding diaryl/α,β-unsaturated/α-hetero) is 1. The zero-order chi connectivity index (χ0) is 16.6. The number of anilines is 1. The lowest BCUT2D eigenvalue weighted by molar-refractivity contribution is -0.116. The average molecular weight is 351 g/mol. The van der Waals surface area contributed by atoms with Crippen molar-refractivity contribution in [3.63, 3.8) is 0 Å². The molecule has 3 rings (SSSR count). The van der Waals surface area contributed by atoms with E-state index in [1.165, 1.54) is 5.56 Å². The largest absolute Gasteiger partial charge is 0.326 e. The van der Waals surface area contributed by atoms with Crippen LogP contribution in [0, 0.1) is 12.8 Å². The van der Waals surface area contributed by atoms with E-state index in [1.807, 2.05) is 6.07 Å². The van der Waals surface area contributed by atoms with E-state index in [9.17, 15) is 9.59 Å². The number of carbonyl (C=O) groups excluding carboxylic acids is 2. The van der Waals surface area contributed by atoms with Gasteiger partial charge >= 0.3 is 0 Å². The molecule has 1 N–H and O–H groups in total. The molecule has 0 saturated carbocycles. The molecule has 0 spiro atoms. The second kappa shape index (κ2) is 7.66. The summed E-state index contributed by atoms with van der Waals surface area (Å²) in [4.78, 5) is 27.2. The van der Waals surface area contributed by atoms with Crippen LogP contribution in [0.3, 0.4) is 0 Å². The van der Waals surface area contributed by atoms with Gasteiger partial charge in [-0.05, 0) is 62.0 Å². The first-order valence-electron chi connectivity index (χ1n) is 8.76. The lowest BCUT2D eigenvalue weighted by atomic mass is 9.76. The Morgan fingerprint density at radius 1 is 1.12 bits per heavy atom. The van der Waals surface area contributed by atoms with Crippen molar-refractivity contribution >= 4 is 29.8 Å². The van der Waals surface area contributed by atoms with Crippen molar-refractivity contribution in [2.45, 2.75) is 46.5 Å². The molecule has 1 aromatic rings. The van der Waals surface area contributed by atoms with Crippen molar-refractivity contribution in [1.29, 1.82) is 0 Å². The third-order valence-electron chi connectivity index (χ3n) is 5.37. The van der Waals surface area contributed by atoms with Crippen molar-refractivity contribution in [2.24, 2.45) is 5.92 Å². The van der Waals surface area contributed by atoms with Gasteiger partial charge in [0, 0.05) is 30.1 Å². The predicted molar refractivity (Wildman–Crippen MR) is 99.3 cm³/mol. The normalized spacial score (nSPS) is 19.4. The minimum Gasteiger partial charge on any atom is -0.326 e. The summed E-state index contributed by atoms with van der Waals surface area (Å²) in [7, 11) is 0. The van der Waals surface area contributed by atoms with Gasteiger partial charge in [0.1, 0.15) is 0 Å². The smallest absolute Gasteiger partial charge is 0.224 e. The fraction of sp³-hybridized carbons (Fsp3) is 0.579. The van der Waals surface area contributed by atoms with Gasteiger partial charge in [-0.15, -0.1) is 12.4 Å². The van der Waals surface area contributed by atoms with Crippen LogP contribution in [0.1, 0.15) is 53.7 Å². The molecular formula is C19H27ClN2O2. The first-order valence-corrected chi connectivity index (χ1v) is 8.76. The maximum atomic E-state index is 13.2. The fourth-order valence-corrected chi connectivity index (χ4v) is 3.97. The van der Waals surface area contributed by atoms with Crippen LogP contribution in [0.15, 0.2) is 6.07 Å². The Hall–Kier alpha value is -1.39. The van der Waals surface area contributed by atoms with Crippen LogP contribution in [-0.4, -0.2) is 36.2 Å². The summed E-state index contributed by atoms with van der Waals surface area (Å²) in [5, 5.41) is 2.95. The van der Waals surface area contributed by atoms with Crippen LogP contribution in [0.4, 0.5) is 5.69 Å². The number of ketones is 1. The summed E-state index contributed by atoms with van der Waals surface area (Å²) in [6, 6.07) is 2.04. The Balaban J connectivity index is 0.00000208. The van der Waals surface area contributed by atoms with E-state index < -0.39 is 0 Å². The molecule has 0 bridgehead atoms. The number of rotatable bonds is 4. The molecule has 4 nitrogen and oxygen atoms in total. The molecule has 132 valence electrons. The van der Waals surface area contributed by atoms with Crippen LogP contribution < -0.4 is 5.32 Å². The van der Waals surface area contributed by atoms with Gasteiger partial charge in [0.05, 0.1) is 0 Å². The van der Waals surface area contributed by atoms with Gasteiger partial charge in [0.2, 0.25) is 5.91 Å². The minimum atomic E-state index is 0. The number of aryl methyl sites for hydroxylation is 1.